The molecule has 0 spiro atoms. The molecule has 0 aliphatic carbocycles. The first-order valence-electron chi connectivity index (χ1n) is 13.0. The highest BCUT2D eigenvalue weighted by Crippen LogP contribution is 2.26. The number of carbonyl (C=O) groups excluding carboxylic acids is 2. The zero-order valence-electron chi connectivity index (χ0n) is 20.1. The lowest BCUT2D eigenvalue weighted by Gasteiger charge is -2.41. The van der Waals surface area contributed by atoms with Crippen molar-refractivity contribution in [3.8, 4) is 11.3 Å². The van der Waals surface area contributed by atoms with E-state index in [1.807, 2.05) is 41.3 Å². The lowest BCUT2D eigenvalue weighted by atomic mass is 9.93. The minimum atomic E-state index is 0.0350. The number of aromatic nitrogens is 1. The van der Waals surface area contributed by atoms with Crippen molar-refractivity contribution in [2.75, 3.05) is 39.3 Å². The van der Waals surface area contributed by atoms with Gasteiger partial charge in [0.2, 0.25) is 5.91 Å². The van der Waals surface area contributed by atoms with E-state index in [0.29, 0.717) is 30.6 Å². The van der Waals surface area contributed by atoms with Gasteiger partial charge in [0.15, 0.2) is 0 Å². The van der Waals surface area contributed by atoms with E-state index in [1.54, 1.807) is 12.3 Å². The number of pyridine rings is 1. The minimum Gasteiger partial charge on any atom is -0.342 e. The van der Waals surface area contributed by atoms with Gasteiger partial charge in [0.1, 0.15) is 0 Å². The largest absolute Gasteiger partial charge is 0.342 e. The number of carbonyl (C=O) groups is 2. The third kappa shape index (κ3) is 5.17. The van der Waals surface area contributed by atoms with Crippen LogP contribution in [0.5, 0.6) is 0 Å². The van der Waals surface area contributed by atoms with E-state index in [4.69, 9.17) is 0 Å². The molecule has 0 N–H and O–H groups in total. The maximum Gasteiger partial charge on any atom is 0.253 e. The summed E-state index contributed by atoms with van der Waals surface area (Å²) in [5.41, 5.74) is 2.48. The molecule has 6 nitrogen and oxygen atoms in total. The van der Waals surface area contributed by atoms with Crippen molar-refractivity contribution in [1.82, 2.24) is 19.7 Å². The Morgan fingerprint density at radius 2 is 1.44 bits per heavy atom. The van der Waals surface area contributed by atoms with E-state index < -0.39 is 0 Å². The van der Waals surface area contributed by atoms with Gasteiger partial charge in [-0.25, -0.2) is 0 Å². The molecule has 3 aliphatic heterocycles. The maximum atomic E-state index is 13.2. The molecular formula is C28H36N4O2. The van der Waals surface area contributed by atoms with Crippen molar-refractivity contribution >= 4 is 11.8 Å². The van der Waals surface area contributed by atoms with Gasteiger partial charge in [0, 0.05) is 55.5 Å². The zero-order chi connectivity index (χ0) is 23.3. The van der Waals surface area contributed by atoms with Crippen LogP contribution in [-0.2, 0) is 4.79 Å². The molecule has 6 heteroatoms. The van der Waals surface area contributed by atoms with Crippen molar-refractivity contribution in [2.24, 2.45) is 5.92 Å². The summed E-state index contributed by atoms with van der Waals surface area (Å²) in [5.74, 6) is 0.389. The van der Waals surface area contributed by atoms with Crippen LogP contribution in [0.2, 0.25) is 0 Å². The van der Waals surface area contributed by atoms with Crippen LogP contribution in [0.1, 0.15) is 55.3 Å². The number of amides is 2. The fourth-order valence-electron chi connectivity index (χ4n) is 5.84. The second kappa shape index (κ2) is 10.7. The molecule has 2 aromatic rings. The Balaban J connectivity index is 1.12. The fourth-order valence-corrected chi connectivity index (χ4v) is 5.84. The van der Waals surface area contributed by atoms with Gasteiger partial charge in [-0.05, 0) is 63.7 Å². The summed E-state index contributed by atoms with van der Waals surface area (Å²) in [7, 11) is 0. The van der Waals surface area contributed by atoms with Gasteiger partial charge in [-0.1, -0.05) is 36.8 Å². The molecule has 1 aromatic carbocycles. The van der Waals surface area contributed by atoms with Crippen molar-refractivity contribution in [2.45, 2.75) is 51.0 Å². The van der Waals surface area contributed by atoms with Crippen LogP contribution in [-0.4, -0.2) is 76.8 Å². The molecule has 0 atom stereocenters. The average Bonchev–Trinajstić information content (AvgIpc) is 2.93. The van der Waals surface area contributed by atoms with Gasteiger partial charge in [-0.2, -0.15) is 0 Å². The van der Waals surface area contributed by atoms with E-state index in [2.05, 4.69) is 14.8 Å². The first kappa shape index (κ1) is 23.0. The third-order valence-corrected chi connectivity index (χ3v) is 7.89. The van der Waals surface area contributed by atoms with Gasteiger partial charge in [-0.15, -0.1) is 0 Å². The normalized spacial score (nSPS) is 20.9. The molecule has 180 valence electrons. The van der Waals surface area contributed by atoms with E-state index in [9.17, 15) is 9.59 Å². The molecule has 2 amide bonds. The number of likely N-dealkylation sites (tertiary alicyclic amines) is 3. The third-order valence-electron chi connectivity index (χ3n) is 7.89. The zero-order valence-corrected chi connectivity index (χ0v) is 20.1. The van der Waals surface area contributed by atoms with Crippen LogP contribution >= 0.6 is 0 Å². The molecule has 34 heavy (non-hydrogen) atoms. The van der Waals surface area contributed by atoms with Crippen LogP contribution < -0.4 is 0 Å². The van der Waals surface area contributed by atoms with E-state index in [-0.39, 0.29) is 11.8 Å². The first-order chi connectivity index (χ1) is 16.7. The predicted octanol–water partition coefficient (Wildman–Crippen LogP) is 4.08. The van der Waals surface area contributed by atoms with Gasteiger partial charge >= 0.3 is 0 Å². The monoisotopic (exact) mass is 460 g/mol. The average molecular weight is 461 g/mol. The smallest absolute Gasteiger partial charge is 0.253 e. The Bertz CT molecular complexity index is 973. The van der Waals surface area contributed by atoms with Crippen LogP contribution in [0, 0.1) is 5.92 Å². The summed E-state index contributed by atoms with van der Waals surface area (Å²) in [5, 5.41) is 0. The summed E-state index contributed by atoms with van der Waals surface area (Å²) < 4.78 is 0. The second-order valence-electron chi connectivity index (χ2n) is 10.0. The van der Waals surface area contributed by atoms with E-state index in [1.165, 1.54) is 32.4 Å². The summed E-state index contributed by atoms with van der Waals surface area (Å²) in [6.45, 7) is 5.52. The number of hydrogen-bond donors (Lipinski definition) is 0. The molecule has 0 radical (unpaired) electrons. The number of hydrogen-bond acceptors (Lipinski definition) is 4. The Kier molecular flexibility index (Phi) is 7.24. The second-order valence-corrected chi connectivity index (χ2v) is 10.0. The molecule has 0 unspecified atom stereocenters. The van der Waals surface area contributed by atoms with Crippen molar-refractivity contribution in [1.29, 1.82) is 0 Å². The molecular weight excluding hydrogens is 424 g/mol. The lowest BCUT2D eigenvalue weighted by Crippen LogP contribution is -2.50. The van der Waals surface area contributed by atoms with Crippen molar-refractivity contribution in [3.05, 3.63) is 54.2 Å². The predicted molar refractivity (Wildman–Crippen MR) is 133 cm³/mol. The molecule has 3 aliphatic rings. The van der Waals surface area contributed by atoms with Crippen LogP contribution in [0.4, 0.5) is 0 Å². The van der Waals surface area contributed by atoms with Gasteiger partial charge in [0.25, 0.3) is 5.91 Å². The van der Waals surface area contributed by atoms with Crippen LogP contribution in [0.15, 0.2) is 48.7 Å². The molecule has 3 fully saturated rings. The Hall–Kier alpha value is -2.73. The fraction of sp³-hybridized carbons (Fsp3) is 0.536. The van der Waals surface area contributed by atoms with Gasteiger partial charge < -0.3 is 14.7 Å². The first-order valence-corrected chi connectivity index (χ1v) is 13.0. The molecule has 5 rings (SSSR count). The molecule has 3 saturated heterocycles. The van der Waals surface area contributed by atoms with E-state index in [0.717, 1.165) is 50.0 Å². The number of piperidine rings is 3. The standard InChI is InChI=1S/C28H36N4O2/c33-27(32-19-12-25(13-20-32)30-15-5-2-6-16-30)23-10-17-31(18-11-23)28(34)24-9-14-29-26(21-24)22-7-3-1-4-8-22/h1,3-4,7-9,14,21,23,25H,2,5-6,10-13,15-20H2. The van der Waals surface area contributed by atoms with E-state index >= 15 is 0 Å². The summed E-state index contributed by atoms with van der Waals surface area (Å²) in [4.78, 5) is 37.4. The van der Waals surface area contributed by atoms with Crippen molar-refractivity contribution < 1.29 is 9.59 Å². The Morgan fingerprint density at radius 1 is 0.765 bits per heavy atom. The number of nitrogens with zero attached hydrogens (tertiary/aromatic N) is 4. The Labute approximate surface area is 202 Å². The summed E-state index contributed by atoms with van der Waals surface area (Å²) >= 11 is 0. The highest BCUT2D eigenvalue weighted by atomic mass is 16.2. The highest BCUT2D eigenvalue weighted by Gasteiger charge is 2.33. The summed E-state index contributed by atoms with van der Waals surface area (Å²) in [6.07, 6.45) is 9.45. The SMILES string of the molecule is O=C(c1ccnc(-c2ccccc2)c1)N1CCC(C(=O)N2CCC(N3CCCCC3)CC2)CC1. The van der Waals surface area contributed by atoms with Crippen molar-refractivity contribution in [3.63, 3.8) is 0 Å². The molecule has 0 bridgehead atoms. The van der Waals surface area contributed by atoms with Crippen LogP contribution in [0.3, 0.4) is 0 Å². The molecule has 0 saturated carbocycles. The summed E-state index contributed by atoms with van der Waals surface area (Å²) in [6, 6.07) is 14.3. The number of rotatable bonds is 4. The van der Waals surface area contributed by atoms with Gasteiger partial charge in [-0.3, -0.25) is 14.6 Å². The minimum absolute atomic E-state index is 0.0350. The molecule has 4 heterocycles. The Morgan fingerprint density at radius 3 is 2.15 bits per heavy atom. The lowest BCUT2D eigenvalue weighted by molar-refractivity contribution is -0.138. The van der Waals surface area contributed by atoms with Crippen LogP contribution in [0.25, 0.3) is 11.3 Å². The maximum absolute atomic E-state index is 13.2. The van der Waals surface area contributed by atoms with Gasteiger partial charge in [0.05, 0.1) is 5.69 Å². The molecule has 1 aromatic heterocycles. The quantitative estimate of drug-likeness (QED) is 0.690. The highest BCUT2D eigenvalue weighted by molar-refractivity contribution is 5.95. The topological polar surface area (TPSA) is 56.8 Å². The number of benzene rings is 1.